The van der Waals surface area contributed by atoms with Crippen molar-refractivity contribution in [2.75, 3.05) is 13.1 Å². The van der Waals surface area contributed by atoms with Crippen molar-refractivity contribution in [3.05, 3.63) is 36.0 Å². The van der Waals surface area contributed by atoms with Crippen LogP contribution in [0.3, 0.4) is 0 Å². The van der Waals surface area contributed by atoms with E-state index in [2.05, 4.69) is 0 Å². The number of nitrogens with two attached hydrogens (primary N) is 1. The fourth-order valence-corrected chi connectivity index (χ4v) is 2.81. The molecule has 2 heterocycles. The van der Waals surface area contributed by atoms with Crippen LogP contribution in [0.2, 0.25) is 0 Å². The van der Waals surface area contributed by atoms with Gasteiger partial charge >= 0.3 is 0 Å². The first kappa shape index (κ1) is 13.1. The molecule has 0 bridgehead atoms. The number of likely N-dealkylation sites (tertiary alicyclic amines) is 1. The maximum atomic E-state index is 12.2. The van der Waals surface area contributed by atoms with Crippen LogP contribution in [0.4, 0.5) is 0 Å². The molecule has 1 aromatic heterocycles. The van der Waals surface area contributed by atoms with E-state index in [9.17, 15) is 4.79 Å². The highest BCUT2D eigenvalue weighted by Crippen LogP contribution is 2.18. The lowest BCUT2D eigenvalue weighted by Crippen LogP contribution is -2.30. The highest BCUT2D eigenvalue weighted by molar-refractivity contribution is 7.80. The Kier molecular flexibility index (Phi) is 3.44. The van der Waals surface area contributed by atoms with Gasteiger partial charge in [-0.25, -0.2) is 0 Å². The average molecular weight is 287 g/mol. The number of amides is 1. The minimum Gasteiger partial charge on any atom is -0.389 e. The summed E-state index contributed by atoms with van der Waals surface area (Å²) in [4.78, 5) is 14.5. The molecule has 2 aromatic rings. The van der Waals surface area contributed by atoms with Crippen LogP contribution < -0.4 is 5.73 Å². The van der Waals surface area contributed by atoms with Crippen molar-refractivity contribution < 1.29 is 4.79 Å². The molecule has 20 heavy (non-hydrogen) atoms. The normalized spacial score (nSPS) is 14.9. The van der Waals surface area contributed by atoms with Crippen molar-refractivity contribution in [1.29, 1.82) is 0 Å². The molecule has 2 N–H and O–H groups in total. The summed E-state index contributed by atoms with van der Waals surface area (Å²) in [5.74, 6) is 0.181. The second kappa shape index (κ2) is 5.25. The van der Waals surface area contributed by atoms with Crippen LogP contribution in [0, 0.1) is 0 Å². The SMILES string of the molecule is NC(=S)c1ccc2ccn(CC(=O)N3CCCC3)c2c1. The third-order valence-electron chi connectivity index (χ3n) is 3.82. The zero-order valence-electron chi connectivity index (χ0n) is 11.2. The third-order valence-corrected chi connectivity index (χ3v) is 4.06. The maximum absolute atomic E-state index is 12.2. The number of fused-ring (bicyclic) bond motifs is 1. The standard InChI is InChI=1S/C15H17N3OS/c16-15(20)12-4-3-11-5-8-18(13(11)9-12)10-14(19)17-6-1-2-7-17/h3-5,8-9H,1-2,6-7,10H2,(H2,16,20). The number of nitrogens with zero attached hydrogens (tertiary/aromatic N) is 2. The van der Waals surface area contributed by atoms with Gasteiger partial charge in [-0.2, -0.15) is 0 Å². The van der Waals surface area contributed by atoms with E-state index in [1.54, 1.807) is 0 Å². The summed E-state index contributed by atoms with van der Waals surface area (Å²) in [6.45, 7) is 2.15. The van der Waals surface area contributed by atoms with Crippen LogP contribution in [0.5, 0.6) is 0 Å². The predicted molar refractivity (Wildman–Crippen MR) is 83.6 cm³/mol. The highest BCUT2D eigenvalue weighted by Gasteiger charge is 2.18. The first-order chi connectivity index (χ1) is 9.65. The molecule has 0 spiro atoms. The Labute approximate surface area is 123 Å². The van der Waals surface area contributed by atoms with Gasteiger partial charge in [-0.05, 0) is 30.4 Å². The summed E-state index contributed by atoms with van der Waals surface area (Å²) in [6.07, 6.45) is 4.18. The monoisotopic (exact) mass is 287 g/mol. The molecule has 1 aromatic carbocycles. The van der Waals surface area contributed by atoms with Gasteiger partial charge in [0.2, 0.25) is 5.91 Å². The van der Waals surface area contributed by atoms with Crippen LogP contribution in [0.15, 0.2) is 30.5 Å². The molecular weight excluding hydrogens is 270 g/mol. The quantitative estimate of drug-likeness (QED) is 0.877. The average Bonchev–Trinajstić information content (AvgIpc) is 3.08. The highest BCUT2D eigenvalue weighted by atomic mass is 32.1. The van der Waals surface area contributed by atoms with E-state index < -0.39 is 0 Å². The van der Waals surface area contributed by atoms with E-state index in [0.29, 0.717) is 11.5 Å². The van der Waals surface area contributed by atoms with Gasteiger partial charge in [-0.15, -0.1) is 0 Å². The number of thiocarbonyl (C=S) groups is 1. The predicted octanol–water partition coefficient (Wildman–Crippen LogP) is 1.90. The second-order valence-corrected chi connectivity index (χ2v) is 5.61. The summed E-state index contributed by atoms with van der Waals surface area (Å²) in [5.41, 5.74) is 7.51. The van der Waals surface area contributed by atoms with Crippen molar-refractivity contribution in [1.82, 2.24) is 9.47 Å². The minimum absolute atomic E-state index is 0.181. The lowest BCUT2D eigenvalue weighted by Gasteiger charge is -2.16. The molecule has 0 unspecified atom stereocenters. The minimum atomic E-state index is 0.181. The summed E-state index contributed by atoms with van der Waals surface area (Å²) in [7, 11) is 0. The summed E-state index contributed by atoms with van der Waals surface area (Å²) in [6, 6.07) is 7.86. The Morgan fingerprint density at radius 2 is 2.00 bits per heavy atom. The van der Waals surface area contributed by atoms with Crippen LogP contribution in [0.25, 0.3) is 10.9 Å². The fourth-order valence-electron chi connectivity index (χ4n) is 2.69. The topological polar surface area (TPSA) is 51.3 Å². The lowest BCUT2D eigenvalue weighted by atomic mass is 10.1. The van der Waals surface area contributed by atoms with E-state index in [1.165, 1.54) is 0 Å². The third kappa shape index (κ3) is 2.41. The largest absolute Gasteiger partial charge is 0.389 e. The molecule has 4 nitrogen and oxygen atoms in total. The number of carbonyl (C=O) groups excluding carboxylic acids is 1. The Bertz CT molecular complexity index is 671. The Morgan fingerprint density at radius 1 is 1.25 bits per heavy atom. The van der Waals surface area contributed by atoms with Crippen molar-refractivity contribution in [3.63, 3.8) is 0 Å². The molecule has 0 aliphatic carbocycles. The van der Waals surface area contributed by atoms with Gasteiger partial charge in [0.25, 0.3) is 0 Å². The number of rotatable bonds is 3. The maximum Gasteiger partial charge on any atom is 0.242 e. The molecule has 104 valence electrons. The molecule has 0 saturated carbocycles. The van der Waals surface area contributed by atoms with Gasteiger partial charge in [0.1, 0.15) is 11.5 Å². The van der Waals surface area contributed by atoms with E-state index >= 15 is 0 Å². The van der Waals surface area contributed by atoms with Crippen LogP contribution in [-0.4, -0.2) is 33.5 Å². The number of benzene rings is 1. The lowest BCUT2D eigenvalue weighted by molar-refractivity contribution is -0.130. The van der Waals surface area contributed by atoms with E-state index in [-0.39, 0.29) is 5.91 Å². The molecule has 1 aliphatic heterocycles. The summed E-state index contributed by atoms with van der Waals surface area (Å²) < 4.78 is 1.97. The van der Waals surface area contributed by atoms with E-state index in [4.69, 9.17) is 18.0 Å². The molecule has 0 atom stereocenters. The van der Waals surface area contributed by atoms with Gasteiger partial charge < -0.3 is 15.2 Å². The number of aromatic nitrogens is 1. The number of hydrogen-bond donors (Lipinski definition) is 1. The Balaban J connectivity index is 1.89. The molecular formula is C15H17N3OS. The molecule has 0 radical (unpaired) electrons. The smallest absolute Gasteiger partial charge is 0.242 e. The van der Waals surface area contributed by atoms with Crippen molar-refractivity contribution in [2.45, 2.75) is 19.4 Å². The van der Waals surface area contributed by atoms with Crippen molar-refractivity contribution in [3.8, 4) is 0 Å². The van der Waals surface area contributed by atoms with Gasteiger partial charge in [-0.3, -0.25) is 4.79 Å². The molecule has 5 heteroatoms. The van der Waals surface area contributed by atoms with Crippen LogP contribution >= 0.6 is 12.2 Å². The van der Waals surface area contributed by atoms with Gasteiger partial charge in [0.15, 0.2) is 0 Å². The van der Waals surface area contributed by atoms with E-state index in [0.717, 1.165) is 42.4 Å². The molecule has 1 amide bonds. The summed E-state index contributed by atoms with van der Waals surface area (Å²) in [5, 5.41) is 1.10. The molecule has 1 saturated heterocycles. The second-order valence-electron chi connectivity index (χ2n) is 5.17. The van der Waals surface area contributed by atoms with Gasteiger partial charge in [0, 0.05) is 30.4 Å². The number of carbonyl (C=O) groups is 1. The van der Waals surface area contributed by atoms with Crippen LogP contribution in [-0.2, 0) is 11.3 Å². The zero-order valence-corrected chi connectivity index (χ0v) is 12.0. The Hall–Kier alpha value is -1.88. The van der Waals surface area contributed by atoms with E-state index in [1.807, 2.05) is 39.9 Å². The zero-order chi connectivity index (χ0) is 14.1. The number of hydrogen-bond acceptors (Lipinski definition) is 2. The molecule has 3 rings (SSSR count). The van der Waals surface area contributed by atoms with Gasteiger partial charge in [0.05, 0.1) is 0 Å². The first-order valence-corrected chi connectivity index (χ1v) is 7.22. The first-order valence-electron chi connectivity index (χ1n) is 6.81. The molecule has 1 fully saturated rings. The van der Waals surface area contributed by atoms with Gasteiger partial charge in [-0.1, -0.05) is 24.4 Å². The van der Waals surface area contributed by atoms with Crippen molar-refractivity contribution in [2.24, 2.45) is 5.73 Å². The molecule has 1 aliphatic rings. The Morgan fingerprint density at radius 3 is 2.70 bits per heavy atom. The van der Waals surface area contributed by atoms with Crippen molar-refractivity contribution >= 4 is 34.0 Å². The van der Waals surface area contributed by atoms with Crippen LogP contribution in [0.1, 0.15) is 18.4 Å². The summed E-state index contributed by atoms with van der Waals surface area (Å²) >= 11 is 5.01. The fraction of sp³-hybridized carbons (Fsp3) is 0.333.